The molecule has 11 heteroatoms. The number of rotatable bonds is 5. The van der Waals surface area contributed by atoms with Gasteiger partial charge < -0.3 is 25.7 Å². The minimum atomic E-state index is -0.863. The molecule has 1 aromatic rings. The van der Waals surface area contributed by atoms with Crippen molar-refractivity contribution in [1.29, 1.82) is 0 Å². The van der Waals surface area contributed by atoms with Crippen LogP contribution in [0.5, 0.6) is 0 Å². The molecule has 29 heavy (non-hydrogen) atoms. The zero-order valence-corrected chi connectivity index (χ0v) is 18.8. The number of carbonyl (C=O) groups is 3. The molecule has 0 aromatic carbocycles. The number of hydrogen-bond acceptors (Lipinski definition) is 5. The van der Waals surface area contributed by atoms with Crippen molar-refractivity contribution in [3.63, 3.8) is 0 Å². The number of furan rings is 1. The first-order chi connectivity index (χ1) is 13.3. The highest BCUT2D eigenvalue weighted by molar-refractivity contribution is 14.0. The third-order valence-corrected chi connectivity index (χ3v) is 5.31. The summed E-state index contributed by atoms with van der Waals surface area (Å²) in [6.07, 6.45) is 1.50. The van der Waals surface area contributed by atoms with Gasteiger partial charge in [0.05, 0.1) is 0 Å². The second-order valence-corrected chi connectivity index (χ2v) is 7.17. The molecule has 1 atom stereocenters. The van der Waals surface area contributed by atoms with Gasteiger partial charge in [0.25, 0.3) is 11.8 Å². The van der Waals surface area contributed by atoms with E-state index in [9.17, 15) is 14.4 Å². The Hall–Kier alpha value is -2.31. The van der Waals surface area contributed by atoms with E-state index >= 15 is 0 Å². The Labute approximate surface area is 186 Å². The number of likely N-dealkylation sites (tertiary alicyclic amines) is 1. The van der Waals surface area contributed by atoms with Crippen molar-refractivity contribution in [2.24, 2.45) is 16.6 Å². The number of urea groups is 1. The molecule has 5 N–H and O–H groups in total. The predicted molar refractivity (Wildman–Crippen MR) is 117 cm³/mol. The number of guanidine groups is 1. The highest BCUT2D eigenvalue weighted by Crippen LogP contribution is 2.30. The van der Waals surface area contributed by atoms with Crippen molar-refractivity contribution in [2.75, 3.05) is 19.6 Å². The van der Waals surface area contributed by atoms with Gasteiger partial charge in [-0.2, -0.15) is 0 Å². The molecule has 3 rings (SSSR count). The largest absolute Gasteiger partial charge is 0.454 e. The Morgan fingerprint density at radius 3 is 2.59 bits per heavy atom. The predicted octanol–water partition coefficient (Wildman–Crippen LogP) is 0.772. The smallest absolute Gasteiger partial charge is 0.322 e. The summed E-state index contributed by atoms with van der Waals surface area (Å²) in [5.74, 6) is 0.586. The van der Waals surface area contributed by atoms with Crippen molar-refractivity contribution < 1.29 is 18.8 Å². The van der Waals surface area contributed by atoms with Gasteiger partial charge in [-0.3, -0.25) is 14.9 Å². The fourth-order valence-electron chi connectivity index (χ4n) is 3.69. The zero-order chi connectivity index (χ0) is 20.3. The molecular formula is C18H27IN6O4. The van der Waals surface area contributed by atoms with Gasteiger partial charge in [0.1, 0.15) is 17.8 Å². The van der Waals surface area contributed by atoms with E-state index in [-0.39, 0.29) is 48.1 Å². The van der Waals surface area contributed by atoms with Crippen molar-refractivity contribution in [1.82, 2.24) is 20.9 Å². The number of hydrogen-bond donors (Lipinski definition) is 4. The maximum absolute atomic E-state index is 12.1. The summed E-state index contributed by atoms with van der Waals surface area (Å²) >= 11 is 0. The molecule has 2 aliphatic heterocycles. The van der Waals surface area contributed by atoms with Gasteiger partial charge in [-0.25, -0.2) is 9.79 Å². The average molecular weight is 518 g/mol. The minimum Gasteiger partial charge on any atom is -0.454 e. The zero-order valence-electron chi connectivity index (χ0n) is 16.5. The molecule has 0 spiro atoms. The van der Waals surface area contributed by atoms with Gasteiger partial charge in [-0.15, -0.1) is 24.0 Å². The Kier molecular flexibility index (Phi) is 7.49. The summed E-state index contributed by atoms with van der Waals surface area (Å²) in [5, 5.41) is 8.34. The van der Waals surface area contributed by atoms with E-state index < -0.39 is 17.5 Å². The molecule has 0 radical (unpaired) electrons. The summed E-state index contributed by atoms with van der Waals surface area (Å²) in [5.41, 5.74) is 4.33. The Balaban J connectivity index is 0.00000300. The van der Waals surface area contributed by atoms with E-state index in [1.54, 1.807) is 13.0 Å². The van der Waals surface area contributed by atoms with Crippen LogP contribution in [0.4, 0.5) is 4.79 Å². The van der Waals surface area contributed by atoms with E-state index in [2.05, 4.69) is 25.8 Å². The van der Waals surface area contributed by atoms with Crippen LogP contribution in [-0.2, 0) is 11.3 Å². The van der Waals surface area contributed by atoms with E-state index in [0.717, 1.165) is 18.8 Å². The quantitative estimate of drug-likeness (QED) is 0.196. The van der Waals surface area contributed by atoms with Crippen LogP contribution in [-0.4, -0.2) is 53.9 Å². The first-order valence-electron chi connectivity index (χ1n) is 9.39. The van der Waals surface area contributed by atoms with Crippen molar-refractivity contribution >= 4 is 47.8 Å². The third-order valence-electron chi connectivity index (χ3n) is 5.31. The molecule has 0 saturated carbocycles. The second-order valence-electron chi connectivity index (χ2n) is 7.17. The summed E-state index contributed by atoms with van der Waals surface area (Å²) in [7, 11) is 0. The first kappa shape index (κ1) is 23.0. The lowest BCUT2D eigenvalue weighted by atomic mass is 9.79. The van der Waals surface area contributed by atoms with Crippen LogP contribution in [0.25, 0.3) is 0 Å². The summed E-state index contributed by atoms with van der Waals surface area (Å²) in [4.78, 5) is 41.5. The number of primary amides is 1. The lowest BCUT2D eigenvalue weighted by molar-refractivity contribution is -0.125. The maximum atomic E-state index is 12.1. The van der Waals surface area contributed by atoms with Crippen LogP contribution in [0.2, 0.25) is 0 Å². The molecule has 1 unspecified atom stereocenters. The lowest BCUT2D eigenvalue weighted by Crippen LogP contribution is -2.55. The molecule has 3 heterocycles. The molecule has 1 aromatic heterocycles. The Morgan fingerprint density at radius 2 is 2.07 bits per heavy atom. The summed E-state index contributed by atoms with van der Waals surface area (Å²) < 4.78 is 5.37. The number of amides is 4. The fourth-order valence-corrected chi connectivity index (χ4v) is 3.69. The second kappa shape index (κ2) is 9.46. The minimum absolute atomic E-state index is 0. The average Bonchev–Trinajstić information content (AvgIpc) is 3.24. The van der Waals surface area contributed by atoms with E-state index in [1.807, 2.05) is 6.92 Å². The molecular weight excluding hydrogens is 491 g/mol. The molecule has 0 aliphatic carbocycles. The van der Waals surface area contributed by atoms with Crippen LogP contribution in [0.3, 0.4) is 0 Å². The number of nitrogens with two attached hydrogens (primary N) is 1. The number of nitrogens with zero attached hydrogens (tertiary/aromatic N) is 2. The van der Waals surface area contributed by atoms with Crippen molar-refractivity contribution in [2.45, 2.75) is 38.8 Å². The van der Waals surface area contributed by atoms with E-state index in [1.165, 1.54) is 6.07 Å². The van der Waals surface area contributed by atoms with Gasteiger partial charge in [0.2, 0.25) is 0 Å². The van der Waals surface area contributed by atoms with Gasteiger partial charge >= 0.3 is 6.03 Å². The number of nitrogens with one attached hydrogen (secondary N) is 3. The normalized spacial score (nSPS) is 22.7. The molecule has 4 amide bonds. The van der Waals surface area contributed by atoms with Gasteiger partial charge in [-0.1, -0.05) is 0 Å². The molecule has 2 fully saturated rings. The number of halogens is 1. The maximum Gasteiger partial charge on any atom is 0.322 e. The van der Waals surface area contributed by atoms with Crippen molar-refractivity contribution in [3.8, 4) is 0 Å². The number of carbonyl (C=O) groups excluding carboxylic acids is 3. The first-order valence-corrected chi connectivity index (χ1v) is 9.39. The van der Waals surface area contributed by atoms with Crippen LogP contribution in [0.1, 0.15) is 43.0 Å². The van der Waals surface area contributed by atoms with Gasteiger partial charge in [-0.05, 0) is 44.7 Å². The Bertz CT molecular complexity index is 802. The standard InChI is InChI=1S/C18H26N6O4.HI/c1-3-20-16(21-10-12-4-5-13(28-12)14(19)25)24-8-6-11(7-9-24)18(2)15(26)22-17(27)23-18;/h4-5,11H,3,6-10H2,1-2H3,(H2,19,25)(H,20,21)(H2,22,23,26,27);1H. The van der Waals surface area contributed by atoms with Crippen LogP contribution in [0, 0.1) is 5.92 Å². The van der Waals surface area contributed by atoms with Crippen LogP contribution >= 0.6 is 24.0 Å². The topological polar surface area (TPSA) is 142 Å². The number of piperidine rings is 1. The molecule has 10 nitrogen and oxygen atoms in total. The molecule has 2 saturated heterocycles. The van der Waals surface area contributed by atoms with Crippen LogP contribution < -0.4 is 21.7 Å². The van der Waals surface area contributed by atoms with Crippen molar-refractivity contribution in [3.05, 3.63) is 23.7 Å². The summed E-state index contributed by atoms with van der Waals surface area (Å²) in [6, 6.07) is 2.79. The Morgan fingerprint density at radius 1 is 1.38 bits per heavy atom. The van der Waals surface area contributed by atoms with E-state index in [4.69, 9.17) is 10.2 Å². The highest BCUT2D eigenvalue weighted by Gasteiger charge is 2.48. The molecule has 160 valence electrons. The SMILES string of the molecule is CCNC(=NCc1ccc(C(N)=O)o1)N1CCC(C2(C)NC(=O)NC2=O)CC1.I. The third kappa shape index (κ3) is 5.00. The summed E-state index contributed by atoms with van der Waals surface area (Å²) in [6.45, 7) is 6.17. The van der Waals surface area contributed by atoms with E-state index in [0.29, 0.717) is 25.4 Å². The molecule has 0 bridgehead atoms. The monoisotopic (exact) mass is 518 g/mol. The van der Waals surface area contributed by atoms with Gasteiger partial charge in [0, 0.05) is 19.6 Å². The fraction of sp³-hybridized carbons (Fsp3) is 0.556. The highest BCUT2D eigenvalue weighted by atomic mass is 127. The molecule has 2 aliphatic rings. The number of aliphatic imine (C=N–C) groups is 1. The lowest BCUT2D eigenvalue weighted by Gasteiger charge is -2.39. The van der Waals surface area contributed by atoms with Crippen LogP contribution in [0.15, 0.2) is 21.5 Å². The van der Waals surface area contributed by atoms with Gasteiger partial charge in [0.15, 0.2) is 11.7 Å². The number of imide groups is 1.